The molecule has 0 aliphatic heterocycles. The first-order valence-corrected chi connectivity index (χ1v) is 6.82. The fourth-order valence-corrected chi connectivity index (χ4v) is 3.07. The molecule has 1 rings (SSSR count). The van der Waals surface area contributed by atoms with Crippen LogP contribution in [0.25, 0.3) is 0 Å². The van der Waals surface area contributed by atoms with Gasteiger partial charge in [0.2, 0.25) is 0 Å². The van der Waals surface area contributed by atoms with Gasteiger partial charge < -0.3 is 5.73 Å². The van der Waals surface area contributed by atoms with Crippen molar-refractivity contribution in [3.63, 3.8) is 0 Å². The van der Waals surface area contributed by atoms with E-state index in [0.717, 1.165) is 0 Å². The third-order valence-corrected chi connectivity index (χ3v) is 4.22. The van der Waals surface area contributed by atoms with Gasteiger partial charge in [-0.05, 0) is 34.5 Å². The molecule has 0 bridgehead atoms. The Kier molecular flexibility index (Phi) is 4.89. The highest BCUT2D eigenvalue weighted by atomic mass is 79.9. The van der Waals surface area contributed by atoms with Crippen LogP contribution < -0.4 is 5.73 Å². The Morgan fingerprint density at radius 2 is 2.27 bits per heavy atom. The third-order valence-electron chi connectivity index (χ3n) is 1.80. The van der Waals surface area contributed by atoms with Crippen LogP contribution in [0, 0.1) is 5.82 Å². The Balaban J connectivity index is 2.73. The number of rotatable bonds is 4. The number of hydrogen-bond donors (Lipinski definition) is 1. The van der Waals surface area contributed by atoms with Gasteiger partial charge in [0.05, 0.1) is 4.47 Å². The van der Waals surface area contributed by atoms with Crippen LogP contribution in [0.3, 0.4) is 0 Å². The third kappa shape index (κ3) is 4.01. The van der Waals surface area contributed by atoms with Crippen molar-refractivity contribution in [2.75, 3.05) is 5.75 Å². The zero-order valence-corrected chi connectivity index (χ0v) is 10.8. The standard InChI is InChI=1S/C10H13BrFNOS/c1-7(13)5-15(14)6-8-3-2-4-9(12)10(8)11/h2-4,7H,5-6,13H2,1H3. The van der Waals surface area contributed by atoms with E-state index in [1.54, 1.807) is 19.1 Å². The van der Waals surface area contributed by atoms with Gasteiger partial charge in [-0.1, -0.05) is 12.1 Å². The molecule has 0 radical (unpaired) electrons. The van der Waals surface area contributed by atoms with Crippen LogP contribution in [0.2, 0.25) is 0 Å². The summed E-state index contributed by atoms with van der Waals surface area (Å²) in [7, 11) is -1.04. The lowest BCUT2D eigenvalue weighted by atomic mass is 10.2. The molecule has 0 spiro atoms. The minimum Gasteiger partial charge on any atom is -0.327 e. The van der Waals surface area contributed by atoms with E-state index < -0.39 is 10.8 Å². The van der Waals surface area contributed by atoms with Crippen LogP contribution in [0.5, 0.6) is 0 Å². The van der Waals surface area contributed by atoms with Crippen molar-refractivity contribution in [1.82, 2.24) is 0 Å². The maximum atomic E-state index is 13.1. The lowest BCUT2D eigenvalue weighted by Gasteiger charge is -2.07. The monoisotopic (exact) mass is 293 g/mol. The first-order valence-electron chi connectivity index (χ1n) is 4.54. The van der Waals surface area contributed by atoms with Gasteiger partial charge in [0.15, 0.2) is 0 Å². The summed E-state index contributed by atoms with van der Waals surface area (Å²) in [5.74, 6) is 0.438. The molecule has 5 heteroatoms. The van der Waals surface area contributed by atoms with E-state index in [-0.39, 0.29) is 11.9 Å². The molecule has 2 nitrogen and oxygen atoms in total. The molecule has 0 aliphatic carbocycles. The average molecular weight is 294 g/mol. The summed E-state index contributed by atoms with van der Waals surface area (Å²) >= 11 is 3.13. The van der Waals surface area contributed by atoms with E-state index in [2.05, 4.69) is 15.9 Å². The smallest absolute Gasteiger partial charge is 0.137 e. The van der Waals surface area contributed by atoms with Gasteiger partial charge in [0, 0.05) is 28.3 Å². The maximum absolute atomic E-state index is 13.1. The van der Waals surface area contributed by atoms with Crippen LogP contribution in [0.15, 0.2) is 22.7 Å². The van der Waals surface area contributed by atoms with Crippen molar-refractivity contribution < 1.29 is 8.60 Å². The van der Waals surface area contributed by atoms with Crippen molar-refractivity contribution in [2.24, 2.45) is 5.73 Å². The lowest BCUT2D eigenvalue weighted by molar-refractivity contribution is 0.619. The van der Waals surface area contributed by atoms with Gasteiger partial charge in [-0.3, -0.25) is 4.21 Å². The summed E-state index contributed by atoms with van der Waals surface area (Å²) in [6.45, 7) is 1.80. The number of nitrogens with two attached hydrogens (primary N) is 1. The second-order valence-electron chi connectivity index (χ2n) is 3.44. The SMILES string of the molecule is CC(N)CS(=O)Cc1cccc(F)c1Br. The van der Waals surface area contributed by atoms with E-state index in [1.807, 2.05) is 0 Å². The quantitative estimate of drug-likeness (QED) is 0.925. The molecular formula is C10H13BrFNOS. The van der Waals surface area contributed by atoms with E-state index in [0.29, 0.717) is 21.5 Å². The van der Waals surface area contributed by atoms with E-state index in [1.165, 1.54) is 6.07 Å². The largest absolute Gasteiger partial charge is 0.327 e. The summed E-state index contributed by atoms with van der Waals surface area (Å²) < 4.78 is 25.1. The van der Waals surface area contributed by atoms with Crippen LogP contribution in [0.1, 0.15) is 12.5 Å². The fourth-order valence-electron chi connectivity index (χ4n) is 1.19. The number of hydrogen-bond acceptors (Lipinski definition) is 2. The van der Waals surface area contributed by atoms with Gasteiger partial charge >= 0.3 is 0 Å². The first kappa shape index (κ1) is 12.8. The molecule has 1 aromatic rings. The summed E-state index contributed by atoms with van der Waals surface area (Å²) in [4.78, 5) is 0. The molecule has 0 saturated carbocycles. The van der Waals surface area contributed by atoms with E-state index in [4.69, 9.17) is 5.73 Å². The van der Waals surface area contributed by atoms with Gasteiger partial charge in [-0.25, -0.2) is 4.39 Å². The predicted molar refractivity (Wildman–Crippen MR) is 64.5 cm³/mol. The molecule has 0 heterocycles. The molecule has 2 atom stereocenters. The Labute approximate surface area is 99.6 Å². The van der Waals surface area contributed by atoms with Gasteiger partial charge in [-0.15, -0.1) is 0 Å². The maximum Gasteiger partial charge on any atom is 0.137 e. The van der Waals surface area contributed by atoms with Crippen LogP contribution >= 0.6 is 15.9 Å². The molecule has 84 valence electrons. The van der Waals surface area contributed by atoms with Crippen LogP contribution in [0.4, 0.5) is 4.39 Å². The zero-order chi connectivity index (χ0) is 11.4. The molecule has 0 saturated heterocycles. The summed E-state index contributed by atoms with van der Waals surface area (Å²) in [5, 5.41) is 0. The normalized spacial score (nSPS) is 14.9. The van der Waals surface area contributed by atoms with Crippen molar-refractivity contribution >= 4 is 26.7 Å². The van der Waals surface area contributed by atoms with E-state index in [9.17, 15) is 8.60 Å². The van der Waals surface area contributed by atoms with Crippen LogP contribution in [-0.4, -0.2) is 16.0 Å². The molecule has 0 fully saturated rings. The Morgan fingerprint density at radius 1 is 1.60 bits per heavy atom. The molecule has 2 N–H and O–H groups in total. The topological polar surface area (TPSA) is 43.1 Å². The van der Waals surface area contributed by atoms with Crippen molar-refractivity contribution in [3.8, 4) is 0 Å². The average Bonchev–Trinajstić information content (AvgIpc) is 2.11. The number of benzene rings is 1. The molecule has 15 heavy (non-hydrogen) atoms. The molecule has 1 aromatic carbocycles. The Morgan fingerprint density at radius 3 is 2.87 bits per heavy atom. The second-order valence-corrected chi connectivity index (χ2v) is 5.74. The summed E-state index contributed by atoms with van der Waals surface area (Å²) in [6.07, 6.45) is 0. The minimum absolute atomic E-state index is 0.0989. The Hall–Kier alpha value is -0.260. The highest BCUT2D eigenvalue weighted by Crippen LogP contribution is 2.21. The first-order chi connectivity index (χ1) is 7.00. The van der Waals surface area contributed by atoms with Crippen LogP contribution in [-0.2, 0) is 16.6 Å². The van der Waals surface area contributed by atoms with Crippen molar-refractivity contribution in [2.45, 2.75) is 18.7 Å². The fraction of sp³-hybridized carbons (Fsp3) is 0.400. The molecule has 0 amide bonds. The molecule has 0 aliphatic rings. The minimum atomic E-state index is -1.04. The summed E-state index contributed by atoms with van der Waals surface area (Å²) in [5.41, 5.74) is 6.25. The molecular weight excluding hydrogens is 281 g/mol. The summed E-state index contributed by atoms with van der Waals surface area (Å²) in [6, 6.07) is 4.63. The zero-order valence-electron chi connectivity index (χ0n) is 8.37. The van der Waals surface area contributed by atoms with Gasteiger partial charge in [-0.2, -0.15) is 0 Å². The second kappa shape index (κ2) is 5.72. The predicted octanol–water partition coefficient (Wildman–Crippen LogP) is 2.18. The molecule has 0 aromatic heterocycles. The van der Waals surface area contributed by atoms with Gasteiger partial charge in [0.25, 0.3) is 0 Å². The Bertz CT molecular complexity index is 370. The van der Waals surface area contributed by atoms with Crippen molar-refractivity contribution in [1.29, 1.82) is 0 Å². The van der Waals surface area contributed by atoms with Gasteiger partial charge in [0.1, 0.15) is 5.82 Å². The highest BCUT2D eigenvalue weighted by molar-refractivity contribution is 9.10. The lowest BCUT2D eigenvalue weighted by Crippen LogP contribution is -2.23. The molecule has 2 unspecified atom stereocenters. The number of halogens is 2. The van der Waals surface area contributed by atoms with Crippen molar-refractivity contribution in [3.05, 3.63) is 34.1 Å². The highest BCUT2D eigenvalue weighted by Gasteiger charge is 2.09. The van der Waals surface area contributed by atoms with E-state index >= 15 is 0 Å².